The number of hydrogen-bond acceptors (Lipinski definition) is 5. The molecule has 5 rings (SSSR count). The number of likely N-dealkylation sites (tertiary alicyclic amines) is 1. The fourth-order valence-electron chi connectivity index (χ4n) is 5.35. The quantitative estimate of drug-likeness (QED) is 0.761. The maximum atomic E-state index is 15.3. The van der Waals surface area contributed by atoms with E-state index in [1.54, 1.807) is 11.1 Å². The number of urea groups is 1. The number of imide groups is 1. The van der Waals surface area contributed by atoms with Gasteiger partial charge in [-0.05, 0) is 63.9 Å². The van der Waals surface area contributed by atoms with Gasteiger partial charge in [0, 0.05) is 43.7 Å². The minimum atomic E-state index is -1.09. The average molecular weight is 443 g/mol. The van der Waals surface area contributed by atoms with Gasteiger partial charge in [-0.2, -0.15) is 0 Å². The molecule has 1 atom stereocenters. The lowest BCUT2D eigenvalue weighted by Crippen LogP contribution is -2.49. The highest BCUT2D eigenvalue weighted by molar-refractivity contribution is 6.06. The highest BCUT2D eigenvalue weighted by Crippen LogP contribution is 2.32. The maximum Gasteiger partial charge on any atom is 0.328 e. The first-order valence-electron chi connectivity index (χ1n) is 11.6. The molecule has 3 fully saturated rings. The Labute approximate surface area is 187 Å². The molecule has 8 nitrogen and oxygen atoms in total. The predicted molar refractivity (Wildman–Crippen MR) is 121 cm³/mol. The Bertz CT molecular complexity index is 1030. The SMILES string of the molecule is Cc1cn([C@H]2CCCN(CC3(F)CCNCC3)C2)c2ncc(N3CCC(=O)NC3=O)cc12. The molecule has 32 heavy (non-hydrogen) atoms. The number of anilines is 1. The molecule has 3 amide bonds. The van der Waals surface area contributed by atoms with E-state index in [-0.39, 0.29) is 18.4 Å². The second-order valence-corrected chi connectivity index (χ2v) is 9.47. The van der Waals surface area contributed by atoms with Crippen LogP contribution in [0.2, 0.25) is 0 Å². The van der Waals surface area contributed by atoms with E-state index in [2.05, 4.69) is 33.2 Å². The number of nitrogens with zero attached hydrogens (tertiary/aromatic N) is 4. The van der Waals surface area contributed by atoms with Crippen molar-refractivity contribution in [1.29, 1.82) is 0 Å². The summed E-state index contributed by atoms with van der Waals surface area (Å²) in [5.41, 5.74) is 1.59. The fourth-order valence-corrected chi connectivity index (χ4v) is 5.35. The second kappa shape index (κ2) is 8.44. The largest absolute Gasteiger partial charge is 0.328 e. The van der Waals surface area contributed by atoms with E-state index in [9.17, 15) is 9.59 Å². The Hall–Kier alpha value is -2.52. The molecule has 0 radical (unpaired) electrons. The third-order valence-electron chi connectivity index (χ3n) is 7.10. The zero-order valence-corrected chi connectivity index (χ0v) is 18.6. The zero-order valence-electron chi connectivity index (χ0n) is 18.6. The van der Waals surface area contributed by atoms with Gasteiger partial charge in [0.2, 0.25) is 5.91 Å². The summed E-state index contributed by atoms with van der Waals surface area (Å²) >= 11 is 0. The highest BCUT2D eigenvalue weighted by Gasteiger charge is 2.35. The van der Waals surface area contributed by atoms with Gasteiger partial charge < -0.3 is 9.88 Å². The average Bonchev–Trinajstić information content (AvgIpc) is 3.10. The van der Waals surface area contributed by atoms with Gasteiger partial charge in [0.15, 0.2) is 0 Å². The number of carbonyl (C=O) groups excluding carboxylic acids is 2. The minimum Gasteiger partial charge on any atom is -0.328 e. The first-order chi connectivity index (χ1) is 15.4. The van der Waals surface area contributed by atoms with Gasteiger partial charge in [-0.15, -0.1) is 0 Å². The van der Waals surface area contributed by atoms with Gasteiger partial charge in [0.05, 0.1) is 11.9 Å². The van der Waals surface area contributed by atoms with Crippen molar-refractivity contribution in [2.24, 2.45) is 0 Å². The Morgan fingerprint density at radius 1 is 1.25 bits per heavy atom. The number of rotatable bonds is 4. The van der Waals surface area contributed by atoms with E-state index < -0.39 is 11.7 Å². The van der Waals surface area contributed by atoms with E-state index in [1.165, 1.54) is 0 Å². The van der Waals surface area contributed by atoms with Gasteiger partial charge in [-0.1, -0.05) is 0 Å². The van der Waals surface area contributed by atoms with Crippen molar-refractivity contribution in [3.05, 3.63) is 24.0 Å². The van der Waals surface area contributed by atoms with Crippen LogP contribution in [0.3, 0.4) is 0 Å². The predicted octanol–water partition coefficient (Wildman–Crippen LogP) is 2.52. The van der Waals surface area contributed by atoms with Gasteiger partial charge >= 0.3 is 6.03 Å². The van der Waals surface area contributed by atoms with Crippen molar-refractivity contribution in [3.63, 3.8) is 0 Å². The number of amides is 3. The molecule has 2 N–H and O–H groups in total. The highest BCUT2D eigenvalue weighted by atomic mass is 19.1. The number of nitrogens with one attached hydrogen (secondary N) is 2. The molecule has 0 aromatic carbocycles. The molecule has 3 aliphatic rings. The Kier molecular flexibility index (Phi) is 5.63. The minimum absolute atomic E-state index is 0.246. The summed E-state index contributed by atoms with van der Waals surface area (Å²) in [7, 11) is 0. The van der Waals surface area contributed by atoms with Crippen LogP contribution in [0.5, 0.6) is 0 Å². The van der Waals surface area contributed by atoms with Crippen LogP contribution >= 0.6 is 0 Å². The van der Waals surface area contributed by atoms with E-state index in [0.29, 0.717) is 31.6 Å². The molecular formula is C23H31FN6O2. The number of piperidine rings is 2. The van der Waals surface area contributed by atoms with Crippen LogP contribution in [0.15, 0.2) is 18.5 Å². The molecule has 0 bridgehead atoms. The number of aromatic nitrogens is 2. The first kappa shape index (κ1) is 21.3. The van der Waals surface area contributed by atoms with E-state index in [0.717, 1.165) is 55.6 Å². The van der Waals surface area contributed by atoms with Crippen molar-refractivity contribution in [3.8, 4) is 0 Å². The number of halogens is 1. The van der Waals surface area contributed by atoms with Gasteiger partial charge in [-0.3, -0.25) is 19.9 Å². The monoisotopic (exact) mass is 442 g/mol. The van der Waals surface area contributed by atoms with Crippen LogP contribution in [-0.4, -0.2) is 71.3 Å². The summed E-state index contributed by atoms with van der Waals surface area (Å²) < 4.78 is 17.5. The van der Waals surface area contributed by atoms with Crippen molar-refractivity contribution in [1.82, 2.24) is 25.1 Å². The number of aryl methyl sites for hydroxylation is 1. The molecule has 5 heterocycles. The number of alkyl halides is 1. The molecule has 3 aliphatic heterocycles. The smallest absolute Gasteiger partial charge is 0.328 e. The summed E-state index contributed by atoms with van der Waals surface area (Å²) in [5, 5.41) is 6.62. The third-order valence-corrected chi connectivity index (χ3v) is 7.10. The summed E-state index contributed by atoms with van der Waals surface area (Å²) in [6.45, 7) is 6.18. The fraction of sp³-hybridized carbons (Fsp3) is 0.609. The third kappa shape index (κ3) is 4.11. The maximum absolute atomic E-state index is 15.3. The van der Waals surface area contributed by atoms with E-state index >= 15 is 4.39 Å². The second-order valence-electron chi connectivity index (χ2n) is 9.47. The van der Waals surface area contributed by atoms with Crippen LogP contribution in [0.1, 0.15) is 43.7 Å². The summed E-state index contributed by atoms with van der Waals surface area (Å²) in [6, 6.07) is 1.83. The molecule has 3 saturated heterocycles. The molecule has 0 aliphatic carbocycles. The molecule has 2 aromatic heterocycles. The molecule has 0 unspecified atom stereocenters. The summed E-state index contributed by atoms with van der Waals surface area (Å²) in [6.07, 6.45) is 7.37. The van der Waals surface area contributed by atoms with Crippen molar-refractivity contribution >= 4 is 28.7 Å². The summed E-state index contributed by atoms with van der Waals surface area (Å²) in [4.78, 5) is 32.2. The normalized spacial score (nSPS) is 24.7. The van der Waals surface area contributed by atoms with Crippen molar-refractivity contribution < 1.29 is 14.0 Å². The number of hydrogen-bond donors (Lipinski definition) is 2. The topological polar surface area (TPSA) is 82.5 Å². The molecular weight excluding hydrogens is 411 g/mol. The lowest BCUT2D eigenvalue weighted by atomic mass is 9.92. The van der Waals surface area contributed by atoms with Crippen LogP contribution in [-0.2, 0) is 4.79 Å². The van der Waals surface area contributed by atoms with E-state index in [4.69, 9.17) is 4.98 Å². The van der Waals surface area contributed by atoms with Gasteiger partial charge in [-0.25, -0.2) is 14.2 Å². The van der Waals surface area contributed by atoms with Crippen LogP contribution in [0.4, 0.5) is 14.9 Å². The van der Waals surface area contributed by atoms with E-state index in [1.807, 2.05) is 6.07 Å². The molecule has 0 saturated carbocycles. The molecule has 9 heteroatoms. The Morgan fingerprint density at radius 2 is 2.06 bits per heavy atom. The van der Waals surface area contributed by atoms with Crippen molar-refractivity contribution in [2.45, 2.75) is 50.7 Å². The van der Waals surface area contributed by atoms with Crippen LogP contribution < -0.4 is 15.5 Å². The molecule has 172 valence electrons. The first-order valence-corrected chi connectivity index (χ1v) is 11.6. The number of pyridine rings is 1. The molecule has 2 aromatic rings. The van der Waals surface area contributed by atoms with Crippen molar-refractivity contribution in [2.75, 3.05) is 44.2 Å². The Balaban J connectivity index is 1.36. The number of carbonyl (C=O) groups is 2. The number of fused-ring (bicyclic) bond motifs is 1. The standard InChI is InChI=1S/C23H31FN6O2/c1-16-13-30(17-3-2-9-28(14-17)15-23(24)5-7-25-8-6-23)21-19(16)11-18(12-26-21)29-10-4-20(31)27-22(29)32/h11-13,17,25H,2-10,14-15H2,1H3,(H,27,31,32)/t17-/m0/s1. The summed E-state index contributed by atoms with van der Waals surface area (Å²) in [5.74, 6) is -0.246. The lowest BCUT2D eigenvalue weighted by Gasteiger charge is -2.39. The van der Waals surface area contributed by atoms with Crippen LogP contribution in [0.25, 0.3) is 11.0 Å². The van der Waals surface area contributed by atoms with Gasteiger partial charge in [0.25, 0.3) is 0 Å². The lowest BCUT2D eigenvalue weighted by molar-refractivity contribution is -0.120. The Morgan fingerprint density at radius 3 is 2.84 bits per heavy atom. The van der Waals surface area contributed by atoms with Gasteiger partial charge in [0.1, 0.15) is 11.3 Å². The zero-order chi connectivity index (χ0) is 22.3. The van der Waals surface area contributed by atoms with Crippen LogP contribution in [0, 0.1) is 6.92 Å². The molecule has 0 spiro atoms.